The molecule has 0 aliphatic carbocycles. The van der Waals surface area contributed by atoms with Crippen molar-refractivity contribution in [2.45, 2.75) is 17.7 Å². The molecule has 2 heterocycles. The van der Waals surface area contributed by atoms with Crippen LogP contribution in [0.4, 0.5) is 0 Å². The SMILES string of the molecule is COc1ccc2c(ccn2S(=O)(=O)c2cc3cc(C)ccc3s2)c1CN(C)C. The predicted molar refractivity (Wildman–Crippen MR) is 115 cm³/mol. The van der Waals surface area contributed by atoms with E-state index >= 15 is 0 Å². The third-order valence-corrected chi connectivity index (χ3v) is 8.02. The molecule has 5 nitrogen and oxygen atoms in total. The minimum Gasteiger partial charge on any atom is -0.496 e. The molecule has 0 aliphatic rings. The first kappa shape index (κ1) is 19.0. The molecule has 4 aromatic rings. The van der Waals surface area contributed by atoms with Crippen LogP contribution in [0.25, 0.3) is 21.0 Å². The normalized spacial score (nSPS) is 12.3. The maximum Gasteiger partial charge on any atom is 0.277 e. The van der Waals surface area contributed by atoms with E-state index in [0.717, 1.165) is 32.3 Å². The molecular weight excluding hydrogens is 392 g/mol. The van der Waals surface area contributed by atoms with Gasteiger partial charge in [0, 0.05) is 28.4 Å². The Kier molecular flexibility index (Phi) is 4.69. The number of methoxy groups -OCH3 is 1. The molecule has 28 heavy (non-hydrogen) atoms. The van der Waals surface area contributed by atoms with Gasteiger partial charge in [0.25, 0.3) is 10.0 Å². The van der Waals surface area contributed by atoms with Gasteiger partial charge < -0.3 is 9.64 Å². The Morgan fingerprint density at radius 2 is 1.89 bits per heavy atom. The van der Waals surface area contributed by atoms with Crippen LogP contribution >= 0.6 is 11.3 Å². The van der Waals surface area contributed by atoms with Crippen LogP contribution in [0, 0.1) is 6.92 Å². The van der Waals surface area contributed by atoms with E-state index in [1.54, 1.807) is 19.4 Å². The number of thiophene rings is 1. The number of hydrogen-bond acceptors (Lipinski definition) is 5. The van der Waals surface area contributed by atoms with Crippen molar-refractivity contribution < 1.29 is 13.2 Å². The first-order chi connectivity index (χ1) is 13.3. The molecule has 0 unspecified atom stereocenters. The Morgan fingerprint density at radius 3 is 2.61 bits per heavy atom. The van der Waals surface area contributed by atoms with E-state index < -0.39 is 10.0 Å². The summed E-state index contributed by atoms with van der Waals surface area (Å²) in [6.07, 6.45) is 1.63. The molecule has 0 atom stereocenters. The number of benzene rings is 2. The summed E-state index contributed by atoms with van der Waals surface area (Å²) in [4.78, 5) is 2.04. The third-order valence-electron chi connectivity index (χ3n) is 4.76. The van der Waals surface area contributed by atoms with Crippen LogP contribution in [0.3, 0.4) is 0 Å². The Bertz CT molecular complexity index is 1280. The summed E-state index contributed by atoms with van der Waals surface area (Å²) in [6, 6.07) is 13.2. The molecule has 4 rings (SSSR count). The Labute approximate surface area is 168 Å². The lowest BCUT2D eigenvalue weighted by Crippen LogP contribution is -2.13. The van der Waals surface area contributed by atoms with Gasteiger partial charge in [-0.1, -0.05) is 17.7 Å². The van der Waals surface area contributed by atoms with E-state index in [1.165, 1.54) is 15.3 Å². The summed E-state index contributed by atoms with van der Waals surface area (Å²) in [5, 5.41) is 1.84. The summed E-state index contributed by atoms with van der Waals surface area (Å²) in [6.45, 7) is 2.66. The minimum absolute atomic E-state index is 0.343. The van der Waals surface area contributed by atoms with Gasteiger partial charge in [0.2, 0.25) is 0 Å². The number of fused-ring (bicyclic) bond motifs is 2. The summed E-state index contributed by atoms with van der Waals surface area (Å²) in [7, 11) is 1.91. The second kappa shape index (κ2) is 6.92. The Morgan fingerprint density at radius 1 is 1.11 bits per heavy atom. The van der Waals surface area contributed by atoms with Crippen molar-refractivity contribution in [2.75, 3.05) is 21.2 Å². The molecule has 0 saturated heterocycles. The van der Waals surface area contributed by atoms with E-state index in [0.29, 0.717) is 16.3 Å². The number of hydrogen-bond donors (Lipinski definition) is 0. The Hall–Kier alpha value is -2.35. The van der Waals surface area contributed by atoms with Crippen LogP contribution in [-0.4, -0.2) is 38.5 Å². The highest BCUT2D eigenvalue weighted by molar-refractivity contribution is 7.92. The van der Waals surface area contributed by atoms with Crippen molar-refractivity contribution in [3.05, 3.63) is 59.8 Å². The van der Waals surface area contributed by atoms with Crippen LogP contribution in [-0.2, 0) is 16.6 Å². The first-order valence-electron chi connectivity index (χ1n) is 8.88. The average Bonchev–Trinajstić information content (AvgIpc) is 3.26. The molecule has 0 spiro atoms. The van der Waals surface area contributed by atoms with Gasteiger partial charge in [-0.2, -0.15) is 8.42 Å². The zero-order valence-electron chi connectivity index (χ0n) is 16.3. The van der Waals surface area contributed by atoms with Gasteiger partial charge in [-0.25, -0.2) is 3.97 Å². The van der Waals surface area contributed by atoms with E-state index in [-0.39, 0.29) is 0 Å². The second-order valence-corrected chi connectivity index (χ2v) is 10.3. The highest BCUT2D eigenvalue weighted by atomic mass is 32.2. The van der Waals surface area contributed by atoms with Crippen LogP contribution < -0.4 is 4.74 Å². The fourth-order valence-corrected chi connectivity index (χ4v) is 6.29. The largest absolute Gasteiger partial charge is 0.496 e. The molecule has 2 aromatic heterocycles. The molecular formula is C21H22N2O3S2. The number of nitrogens with zero attached hydrogens (tertiary/aromatic N) is 2. The molecule has 2 aromatic carbocycles. The van der Waals surface area contributed by atoms with Crippen molar-refractivity contribution >= 4 is 42.3 Å². The van der Waals surface area contributed by atoms with Gasteiger partial charge in [-0.3, -0.25) is 0 Å². The lowest BCUT2D eigenvalue weighted by Gasteiger charge is -2.15. The first-order valence-corrected chi connectivity index (χ1v) is 11.1. The highest BCUT2D eigenvalue weighted by Gasteiger charge is 2.23. The maximum atomic E-state index is 13.4. The van der Waals surface area contributed by atoms with Crippen LogP contribution in [0.2, 0.25) is 0 Å². The fraction of sp³-hybridized carbons (Fsp3) is 0.238. The molecule has 0 N–H and O–H groups in total. The second-order valence-electron chi connectivity index (χ2n) is 7.14. The summed E-state index contributed by atoms with van der Waals surface area (Å²) < 4.78 is 35.0. The maximum absolute atomic E-state index is 13.4. The van der Waals surface area contributed by atoms with Crippen molar-refractivity contribution in [1.29, 1.82) is 0 Å². The van der Waals surface area contributed by atoms with E-state index in [4.69, 9.17) is 4.74 Å². The van der Waals surface area contributed by atoms with Gasteiger partial charge in [-0.05, 0) is 56.7 Å². The van der Waals surface area contributed by atoms with E-state index in [9.17, 15) is 8.42 Å². The number of aromatic nitrogens is 1. The molecule has 0 bridgehead atoms. The summed E-state index contributed by atoms with van der Waals surface area (Å²) in [5.74, 6) is 0.758. The van der Waals surface area contributed by atoms with Gasteiger partial charge in [-0.15, -0.1) is 11.3 Å². The number of ether oxygens (including phenoxy) is 1. The smallest absolute Gasteiger partial charge is 0.277 e. The summed E-state index contributed by atoms with van der Waals surface area (Å²) in [5.41, 5.74) is 2.75. The van der Waals surface area contributed by atoms with E-state index in [1.807, 2.05) is 62.3 Å². The molecule has 0 saturated carbocycles. The van der Waals surface area contributed by atoms with Crippen molar-refractivity contribution in [2.24, 2.45) is 0 Å². The lowest BCUT2D eigenvalue weighted by molar-refractivity contribution is 0.374. The van der Waals surface area contributed by atoms with Crippen LogP contribution in [0.1, 0.15) is 11.1 Å². The van der Waals surface area contributed by atoms with Crippen LogP contribution in [0.15, 0.2) is 52.9 Å². The minimum atomic E-state index is -3.68. The Balaban J connectivity index is 1.90. The zero-order valence-corrected chi connectivity index (χ0v) is 17.9. The van der Waals surface area contributed by atoms with Gasteiger partial charge in [0.05, 0.1) is 12.6 Å². The number of rotatable bonds is 5. The topological polar surface area (TPSA) is 51.5 Å². The highest BCUT2D eigenvalue weighted by Crippen LogP contribution is 2.35. The quantitative estimate of drug-likeness (QED) is 0.483. The monoisotopic (exact) mass is 414 g/mol. The molecule has 0 aliphatic heterocycles. The van der Waals surface area contributed by atoms with Crippen LogP contribution in [0.5, 0.6) is 5.75 Å². The average molecular weight is 415 g/mol. The van der Waals surface area contributed by atoms with E-state index in [2.05, 4.69) is 0 Å². The van der Waals surface area contributed by atoms with Crippen molar-refractivity contribution in [3.8, 4) is 5.75 Å². The fourth-order valence-electron chi connectivity index (χ4n) is 3.48. The van der Waals surface area contributed by atoms with Crippen molar-refractivity contribution in [1.82, 2.24) is 8.87 Å². The third kappa shape index (κ3) is 3.09. The molecule has 0 amide bonds. The van der Waals surface area contributed by atoms with Gasteiger partial charge in [0.15, 0.2) is 0 Å². The number of aryl methyl sites for hydroxylation is 1. The van der Waals surface area contributed by atoms with Gasteiger partial charge in [0.1, 0.15) is 9.96 Å². The van der Waals surface area contributed by atoms with Crippen molar-refractivity contribution in [3.63, 3.8) is 0 Å². The molecule has 0 radical (unpaired) electrons. The molecule has 0 fully saturated rings. The zero-order chi connectivity index (χ0) is 20.1. The van der Waals surface area contributed by atoms with Gasteiger partial charge >= 0.3 is 0 Å². The molecule has 7 heteroatoms. The predicted octanol–water partition coefficient (Wildman–Crippen LogP) is 4.47. The summed E-state index contributed by atoms with van der Waals surface area (Å²) >= 11 is 1.30. The standard InChI is InChI=1S/C21H22N2O3S2/c1-14-5-8-20-15(11-14)12-21(27-20)28(24,25)23-10-9-16-17(13-22(2)3)19(26-4)7-6-18(16)23/h5-12H,13H2,1-4H3. The lowest BCUT2D eigenvalue weighted by atomic mass is 10.1. The molecule has 146 valence electrons.